The first-order valence-corrected chi connectivity index (χ1v) is 7.99. The zero-order chi connectivity index (χ0) is 17.0. The Labute approximate surface area is 135 Å². The first-order chi connectivity index (χ1) is 10.9. The lowest BCUT2D eigenvalue weighted by Gasteiger charge is -2.36. The van der Waals surface area contributed by atoms with Crippen molar-refractivity contribution in [3.8, 4) is 0 Å². The molecule has 23 heavy (non-hydrogen) atoms. The Morgan fingerprint density at radius 1 is 1.39 bits per heavy atom. The maximum atomic E-state index is 12.5. The summed E-state index contributed by atoms with van der Waals surface area (Å²) in [4.78, 5) is 37.7. The van der Waals surface area contributed by atoms with Gasteiger partial charge in [-0.2, -0.15) is 5.10 Å². The van der Waals surface area contributed by atoms with Gasteiger partial charge in [-0.3, -0.25) is 9.59 Å². The summed E-state index contributed by atoms with van der Waals surface area (Å²) in [5.41, 5.74) is -0.304. The summed E-state index contributed by atoms with van der Waals surface area (Å²) >= 11 is 0. The highest BCUT2D eigenvalue weighted by molar-refractivity contribution is 5.90. The van der Waals surface area contributed by atoms with Crippen LogP contribution in [0.5, 0.6) is 0 Å². The van der Waals surface area contributed by atoms with Gasteiger partial charge in [0.15, 0.2) is 11.8 Å². The summed E-state index contributed by atoms with van der Waals surface area (Å²) in [6, 6.07) is 2.76. The Balaban J connectivity index is 2.03. The average molecular weight is 321 g/mol. The number of esters is 1. The number of rotatable bonds is 4. The molecule has 1 aliphatic heterocycles. The highest BCUT2D eigenvalue weighted by atomic mass is 16.5. The number of hydrogen-bond donors (Lipinski definition) is 0. The zero-order valence-electron chi connectivity index (χ0n) is 13.8. The van der Waals surface area contributed by atoms with Gasteiger partial charge in [0.05, 0.1) is 0 Å². The molecule has 7 heteroatoms. The van der Waals surface area contributed by atoms with Crippen molar-refractivity contribution in [2.75, 3.05) is 6.54 Å². The van der Waals surface area contributed by atoms with Gasteiger partial charge in [-0.25, -0.2) is 9.48 Å². The van der Waals surface area contributed by atoms with Gasteiger partial charge in [0.1, 0.15) is 0 Å². The lowest BCUT2D eigenvalue weighted by Crippen LogP contribution is -2.48. The Hall–Kier alpha value is -2.18. The fraction of sp³-hybridized carbons (Fsp3) is 0.625. The number of likely N-dealkylation sites (tertiary alicyclic amines) is 1. The number of carbonyl (C=O) groups excluding carboxylic acids is 2. The number of aryl methyl sites for hydroxylation is 1. The van der Waals surface area contributed by atoms with Gasteiger partial charge in [0.25, 0.3) is 11.5 Å². The first-order valence-electron chi connectivity index (χ1n) is 7.99. The quantitative estimate of drug-likeness (QED) is 0.776. The molecular formula is C16H23N3O4. The predicted molar refractivity (Wildman–Crippen MR) is 84.0 cm³/mol. The molecule has 1 amide bonds. The summed E-state index contributed by atoms with van der Waals surface area (Å²) in [5, 5.41) is 3.83. The Morgan fingerprint density at radius 3 is 2.78 bits per heavy atom. The zero-order valence-corrected chi connectivity index (χ0v) is 13.8. The molecule has 0 saturated carbocycles. The van der Waals surface area contributed by atoms with Crippen LogP contribution in [0.2, 0.25) is 0 Å². The van der Waals surface area contributed by atoms with Crippen molar-refractivity contribution in [2.24, 2.45) is 7.05 Å². The van der Waals surface area contributed by atoms with Gasteiger partial charge in [0.2, 0.25) is 0 Å². The maximum Gasteiger partial charge on any atom is 0.359 e. The summed E-state index contributed by atoms with van der Waals surface area (Å²) in [6.07, 6.45) is 3.12. The van der Waals surface area contributed by atoms with E-state index in [0.717, 1.165) is 30.4 Å². The van der Waals surface area contributed by atoms with E-state index in [-0.39, 0.29) is 23.2 Å². The third kappa shape index (κ3) is 3.97. The molecule has 0 spiro atoms. The smallest absolute Gasteiger partial charge is 0.359 e. The minimum atomic E-state index is -0.867. The molecule has 2 atom stereocenters. The van der Waals surface area contributed by atoms with E-state index in [1.54, 1.807) is 6.92 Å². The number of hydrogen-bond acceptors (Lipinski definition) is 5. The van der Waals surface area contributed by atoms with E-state index in [1.165, 1.54) is 19.2 Å². The lowest BCUT2D eigenvalue weighted by molar-refractivity contribution is -0.143. The van der Waals surface area contributed by atoms with Crippen LogP contribution in [0.15, 0.2) is 16.9 Å². The molecule has 1 fully saturated rings. The second-order valence-electron chi connectivity index (χ2n) is 5.82. The molecule has 7 nitrogen and oxygen atoms in total. The lowest BCUT2D eigenvalue weighted by atomic mass is 9.99. The van der Waals surface area contributed by atoms with Gasteiger partial charge in [-0.05, 0) is 38.7 Å². The van der Waals surface area contributed by atoms with E-state index < -0.39 is 12.1 Å². The summed E-state index contributed by atoms with van der Waals surface area (Å²) in [5.74, 6) is -0.874. The number of nitrogens with zero attached hydrogens (tertiary/aromatic N) is 3. The van der Waals surface area contributed by atoms with Gasteiger partial charge >= 0.3 is 5.97 Å². The van der Waals surface area contributed by atoms with Crippen LogP contribution in [0, 0.1) is 0 Å². The van der Waals surface area contributed by atoms with Crippen LogP contribution >= 0.6 is 0 Å². The summed E-state index contributed by atoms with van der Waals surface area (Å²) in [7, 11) is 1.45. The number of aromatic nitrogens is 2. The van der Waals surface area contributed by atoms with Crippen molar-refractivity contribution in [3.05, 3.63) is 28.2 Å². The molecule has 1 aromatic rings. The van der Waals surface area contributed by atoms with Crippen LogP contribution in [0.3, 0.4) is 0 Å². The average Bonchev–Trinajstić information content (AvgIpc) is 2.56. The van der Waals surface area contributed by atoms with Crippen LogP contribution in [0.1, 0.15) is 50.0 Å². The number of ether oxygens (including phenoxy) is 1. The number of carbonyl (C=O) groups is 2. The molecule has 0 bridgehead atoms. The fourth-order valence-electron chi connectivity index (χ4n) is 2.83. The summed E-state index contributed by atoms with van der Waals surface area (Å²) in [6.45, 7) is 4.34. The van der Waals surface area contributed by atoms with E-state index in [2.05, 4.69) is 12.0 Å². The Morgan fingerprint density at radius 2 is 2.13 bits per heavy atom. The van der Waals surface area contributed by atoms with Gasteiger partial charge in [-0.1, -0.05) is 6.92 Å². The Bertz CT molecular complexity index is 640. The molecule has 1 aromatic heterocycles. The number of amides is 1. The SMILES string of the molecule is CCC1CCCCN1C(=O)C(C)OC(=O)c1ccc(=O)n(C)n1. The van der Waals surface area contributed by atoms with Crippen LogP contribution < -0.4 is 5.56 Å². The second-order valence-corrected chi connectivity index (χ2v) is 5.82. The second kappa shape index (κ2) is 7.39. The highest BCUT2D eigenvalue weighted by Crippen LogP contribution is 2.21. The van der Waals surface area contributed by atoms with Crippen molar-refractivity contribution < 1.29 is 14.3 Å². The topological polar surface area (TPSA) is 81.5 Å². The van der Waals surface area contributed by atoms with Gasteiger partial charge < -0.3 is 9.64 Å². The van der Waals surface area contributed by atoms with Gasteiger partial charge in [-0.15, -0.1) is 0 Å². The molecule has 1 aliphatic rings. The van der Waals surface area contributed by atoms with Crippen LogP contribution in [-0.2, 0) is 16.6 Å². The van der Waals surface area contributed by atoms with Crippen molar-refractivity contribution >= 4 is 11.9 Å². The third-order valence-electron chi connectivity index (χ3n) is 4.18. The third-order valence-corrected chi connectivity index (χ3v) is 4.18. The monoisotopic (exact) mass is 321 g/mol. The van der Waals surface area contributed by atoms with E-state index in [0.29, 0.717) is 6.54 Å². The standard InChI is InChI=1S/C16H23N3O4/c1-4-12-7-5-6-10-19(12)15(21)11(2)23-16(22)13-8-9-14(20)18(3)17-13/h8-9,11-12H,4-7,10H2,1-3H3. The minimum Gasteiger partial charge on any atom is -0.448 e. The molecule has 2 heterocycles. The van der Waals surface area contributed by atoms with E-state index in [1.807, 2.05) is 4.90 Å². The van der Waals surface area contributed by atoms with E-state index in [9.17, 15) is 14.4 Å². The molecule has 0 N–H and O–H groups in total. The van der Waals surface area contributed by atoms with Crippen LogP contribution in [0.25, 0.3) is 0 Å². The van der Waals surface area contributed by atoms with Gasteiger partial charge in [0, 0.05) is 25.7 Å². The largest absolute Gasteiger partial charge is 0.448 e. The molecule has 0 radical (unpaired) electrons. The molecule has 2 unspecified atom stereocenters. The normalized spacial score (nSPS) is 19.3. The molecule has 126 valence electrons. The highest BCUT2D eigenvalue weighted by Gasteiger charge is 2.30. The van der Waals surface area contributed by atoms with Crippen LogP contribution in [-0.4, -0.2) is 45.2 Å². The van der Waals surface area contributed by atoms with Crippen molar-refractivity contribution in [2.45, 2.75) is 51.7 Å². The summed E-state index contributed by atoms with van der Waals surface area (Å²) < 4.78 is 6.29. The molecule has 1 saturated heterocycles. The maximum absolute atomic E-state index is 12.5. The molecular weight excluding hydrogens is 298 g/mol. The van der Waals surface area contributed by atoms with Crippen molar-refractivity contribution in [3.63, 3.8) is 0 Å². The predicted octanol–water partition coefficient (Wildman–Crippen LogP) is 1.12. The van der Waals surface area contributed by atoms with Crippen LogP contribution in [0.4, 0.5) is 0 Å². The molecule has 0 aliphatic carbocycles. The Kier molecular flexibility index (Phi) is 5.52. The molecule has 2 rings (SSSR count). The number of piperidine rings is 1. The first kappa shape index (κ1) is 17.2. The minimum absolute atomic E-state index is 0.0115. The van der Waals surface area contributed by atoms with Crippen molar-refractivity contribution in [1.82, 2.24) is 14.7 Å². The fourth-order valence-corrected chi connectivity index (χ4v) is 2.83. The van der Waals surface area contributed by atoms with E-state index >= 15 is 0 Å². The molecule has 0 aromatic carbocycles. The van der Waals surface area contributed by atoms with E-state index in [4.69, 9.17) is 4.74 Å². The van der Waals surface area contributed by atoms with Crippen molar-refractivity contribution in [1.29, 1.82) is 0 Å².